The first-order valence-corrected chi connectivity index (χ1v) is 11.1. The van der Waals surface area contributed by atoms with Gasteiger partial charge in [0.25, 0.3) is 0 Å². The zero-order valence-corrected chi connectivity index (χ0v) is 17.9. The SMILES string of the molecule is CCc1cccc(NC(=O)CSc2nnc(Nc3ccc(C(C)C)cc3)s2)c1. The third-order valence-electron chi connectivity index (χ3n) is 4.18. The van der Waals surface area contributed by atoms with Crippen LogP contribution in [0.3, 0.4) is 0 Å². The Morgan fingerprint density at radius 2 is 1.89 bits per heavy atom. The molecular weight excluding hydrogens is 388 g/mol. The van der Waals surface area contributed by atoms with E-state index in [4.69, 9.17) is 0 Å². The molecule has 0 spiro atoms. The Morgan fingerprint density at radius 1 is 1.11 bits per heavy atom. The van der Waals surface area contributed by atoms with Crippen LogP contribution < -0.4 is 10.6 Å². The summed E-state index contributed by atoms with van der Waals surface area (Å²) in [5.41, 5.74) is 4.31. The number of aryl methyl sites for hydroxylation is 1. The molecule has 0 aliphatic rings. The zero-order chi connectivity index (χ0) is 19.9. The van der Waals surface area contributed by atoms with Crippen LogP contribution in [0.15, 0.2) is 52.9 Å². The standard InChI is InChI=1S/C21H24N4OS2/c1-4-15-6-5-7-18(12-15)22-19(26)13-27-21-25-24-20(28-21)23-17-10-8-16(9-11-17)14(2)3/h5-12,14H,4,13H2,1-3H3,(H,22,26)(H,23,24). The van der Waals surface area contributed by atoms with Gasteiger partial charge in [0.2, 0.25) is 11.0 Å². The second-order valence-corrected chi connectivity index (χ2v) is 8.87. The van der Waals surface area contributed by atoms with Crippen LogP contribution in [0.2, 0.25) is 0 Å². The highest BCUT2D eigenvalue weighted by molar-refractivity contribution is 8.01. The van der Waals surface area contributed by atoms with Crippen LogP contribution in [0.4, 0.5) is 16.5 Å². The van der Waals surface area contributed by atoms with Gasteiger partial charge >= 0.3 is 0 Å². The average molecular weight is 413 g/mol. The summed E-state index contributed by atoms with van der Waals surface area (Å²) < 4.78 is 0.763. The van der Waals surface area contributed by atoms with Crippen molar-refractivity contribution in [2.75, 3.05) is 16.4 Å². The van der Waals surface area contributed by atoms with Gasteiger partial charge in [-0.05, 0) is 47.7 Å². The summed E-state index contributed by atoms with van der Waals surface area (Å²) in [6.45, 7) is 6.44. The molecule has 0 saturated carbocycles. The molecule has 0 aliphatic carbocycles. The van der Waals surface area contributed by atoms with Crippen LogP contribution >= 0.6 is 23.1 Å². The molecule has 0 bridgehead atoms. The van der Waals surface area contributed by atoms with Gasteiger partial charge in [-0.15, -0.1) is 10.2 Å². The minimum Gasteiger partial charge on any atom is -0.330 e. The van der Waals surface area contributed by atoms with Crippen LogP contribution in [0.5, 0.6) is 0 Å². The van der Waals surface area contributed by atoms with Crippen LogP contribution in [0, 0.1) is 0 Å². The number of hydrogen-bond donors (Lipinski definition) is 2. The van der Waals surface area contributed by atoms with E-state index in [9.17, 15) is 4.79 Å². The highest BCUT2D eigenvalue weighted by atomic mass is 32.2. The first-order valence-electron chi connectivity index (χ1n) is 9.25. The lowest BCUT2D eigenvalue weighted by Crippen LogP contribution is -2.14. The van der Waals surface area contributed by atoms with Crippen LogP contribution in [0.25, 0.3) is 0 Å². The molecule has 5 nitrogen and oxygen atoms in total. The Bertz CT molecular complexity index is 922. The molecule has 28 heavy (non-hydrogen) atoms. The van der Waals surface area contributed by atoms with Gasteiger partial charge < -0.3 is 10.6 Å². The van der Waals surface area contributed by atoms with E-state index in [2.05, 4.69) is 59.8 Å². The topological polar surface area (TPSA) is 66.9 Å². The summed E-state index contributed by atoms with van der Waals surface area (Å²) in [5, 5.41) is 15.2. The number of nitrogens with one attached hydrogen (secondary N) is 2. The van der Waals surface area contributed by atoms with Crippen molar-refractivity contribution in [2.24, 2.45) is 0 Å². The van der Waals surface area contributed by atoms with Crippen molar-refractivity contribution in [3.63, 3.8) is 0 Å². The lowest BCUT2D eigenvalue weighted by Gasteiger charge is -2.07. The molecule has 0 aliphatic heterocycles. The number of amides is 1. The number of aromatic nitrogens is 2. The molecule has 0 unspecified atom stereocenters. The molecule has 3 rings (SSSR count). The van der Waals surface area contributed by atoms with Crippen molar-refractivity contribution >= 4 is 45.5 Å². The highest BCUT2D eigenvalue weighted by Gasteiger charge is 2.09. The van der Waals surface area contributed by atoms with Crippen molar-refractivity contribution in [3.05, 3.63) is 59.7 Å². The molecule has 2 N–H and O–H groups in total. The van der Waals surface area contributed by atoms with Crippen molar-refractivity contribution in [3.8, 4) is 0 Å². The first-order chi connectivity index (χ1) is 13.5. The number of rotatable bonds is 8. The number of benzene rings is 2. The second-order valence-electron chi connectivity index (χ2n) is 6.67. The van der Waals surface area contributed by atoms with Gasteiger partial charge in [0.05, 0.1) is 5.75 Å². The molecular formula is C21H24N4OS2. The molecule has 1 heterocycles. The summed E-state index contributed by atoms with van der Waals surface area (Å²) >= 11 is 2.83. The van der Waals surface area contributed by atoms with E-state index in [1.54, 1.807) is 0 Å². The molecule has 1 aromatic heterocycles. The maximum Gasteiger partial charge on any atom is 0.234 e. The van der Waals surface area contributed by atoms with Crippen molar-refractivity contribution < 1.29 is 4.79 Å². The number of thioether (sulfide) groups is 1. The van der Waals surface area contributed by atoms with E-state index in [0.29, 0.717) is 11.7 Å². The van der Waals surface area contributed by atoms with Gasteiger partial charge in [0.15, 0.2) is 4.34 Å². The van der Waals surface area contributed by atoms with E-state index in [0.717, 1.165) is 27.3 Å². The fraction of sp³-hybridized carbons (Fsp3) is 0.286. The molecule has 0 atom stereocenters. The number of nitrogens with zero attached hydrogens (tertiary/aromatic N) is 2. The Balaban J connectivity index is 1.50. The highest BCUT2D eigenvalue weighted by Crippen LogP contribution is 2.28. The molecule has 3 aromatic rings. The minimum absolute atomic E-state index is 0.0489. The fourth-order valence-electron chi connectivity index (χ4n) is 2.59. The Labute approximate surface area is 174 Å². The summed E-state index contributed by atoms with van der Waals surface area (Å²) in [7, 11) is 0. The van der Waals surface area contributed by atoms with Gasteiger partial charge in [-0.25, -0.2) is 0 Å². The number of hydrogen-bond acceptors (Lipinski definition) is 6. The Hall–Kier alpha value is -2.38. The maximum absolute atomic E-state index is 12.2. The van der Waals surface area contributed by atoms with E-state index >= 15 is 0 Å². The van der Waals surface area contributed by atoms with E-state index < -0.39 is 0 Å². The van der Waals surface area contributed by atoms with Crippen LogP contribution in [-0.2, 0) is 11.2 Å². The van der Waals surface area contributed by atoms with Crippen molar-refractivity contribution in [1.29, 1.82) is 0 Å². The van der Waals surface area contributed by atoms with E-state index in [1.807, 2.05) is 30.3 Å². The third-order valence-corrected chi connectivity index (χ3v) is 6.15. The molecule has 0 fully saturated rings. The number of anilines is 3. The maximum atomic E-state index is 12.2. The third kappa shape index (κ3) is 5.81. The summed E-state index contributed by atoms with van der Waals surface area (Å²) in [6, 6.07) is 16.2. The lowest BCUT2D eigenvalue weighted by molar-refractivity contribution is -0.113. The Kier molecular flexibility index (Phi) is 7.06. The molecule has 1 amide bonds. The van der Waals surface area contributed by atoms with E-state index in [-0.39, 0.29) is 5.91 Å². The van der Waals surface area contributed by atoms with Gasteiger partial charge in [-0.3, -0.25) is 4.79 Å². The quantitative estimate of drug-likeness (QED) is 0.465. The second kappa shape index (κ2) is 9.71. The molecule has 0 radical (unpaired) electrons. The van der Waals surface area contributed by atoms with E-state index in [1.165, 1.54) is 34.2 Å². The largest absolute Gasteiger partial charge is 0.330 e. The average Bonchev–Trinajstić information content (AvgIpc) is 3.14. The lowest BCUT2D eigenvalue weighted by atomic mass is 10.0. The smallest absolute Gasteiger partial charge is 0.234 e. The molecule has 2 aromatic carbocycles. The van der Waals surface area contributed by atoms with Crippen molar-refractivity contribution in [2.45, 2.75) is 37.4 Å². The Morgan fingerprint density at radius 3 is 2.61 bits per heavy atom. The summed E-state index contributed by atoms with van der Waals surface area (Å²) in [4.78, 5) is 12.2. The number of carbonyl (C=O) groups excluding carboxylic acids is 1. The first kappa shape index (κ1) is 20.4. The monoisotopic (exact) mass is 412 g/mol. The summed E-state index contributed by atoms with van der Waals surface area (Å²) in [5.74, 6) is 0.759. The predicted molar refractivity (Wildman–Crippen MR) is 119 cm³/mol. The van der Waals surface area contributed by atoms with Gasteiger partial charge in [0, 0.05) is 11.4 Å². The minimum atomic E-state index is -0.0489. The van der Waals surface area contributed by atoms with Gasteiger partial charge in [-0.1, -0.05) is 68.1 Å². The van der Waals surface area contributed by atoms with Crippen LogP contribution in [-0.4, -0.2) is 21.9 Å². The van der Waals surface area contributed by atoms with Gasteiger partial charge in [-0.2, -0.15) is 0 Å². The molecule has 146 valence electrons. The number of carbonyl (C=O) groups is 1. The molecule has 7 heteroatoms. The predicted octanol–water partition coefficient (Wildman–Crippen LogP) is 5.70. The van der Waals surface area contributed by atoms with Crippen molar-refractivity contribution in [1.82, 2.24) is 10.2 Å². The normalized spacial score (nSPS) is 10.9. The fourth-order valence-corrected chi connectivity index (χ4v) is 4.16. The molecule has 0 saturated heterocycles. The van der Waals surface area contributed by atoms with Crippen LogP contribution in [0.1, 0.15) is 37.8 Å². The summed E-state index contributed by atoms with van der Waals surface area (Å²) in [6.07, 6.45) is 0.944. The zero-order valence-electron chi connectivity index (χ0n) is 16.2. The van der Waals surface area contributed by atoms with Gasteiger partial charge in [0.1, 0.15) is 0 Å².